The quantitative estimate of drug-likeness (QED) is 0.223. The maximum atomic E-state index is 11.0. The lowest BCUT2D eigenvalue weighted by molar-refractivity contribution is -0.115. The summed E-state index contributed by atoms with van der Waals surface area (Å²) in [6.45, 7) is 1.77. The van der Waals surface area contributed by atoms with E-state index in [-0.39, 0.29) is 0 Å². The van der Waals surface area contributed by atoms with E-state index in [1.165, 1.54) is 5.01 Å². The first-order valence-corrected chi connectivity index (χ1v) is 4.17. The smallest absolute Gasteiger partial charge is 0.335 e. The van der Waals surface area contributed by atoms with Gasteiger partial charge < -0.3 is 11.1 Å². The van der Waals surface area contributed by atoms with Crippen molar-refractivity contribution in [2.45, 2.75) is 6.17 Å². The van der Waals surface area contributed by atoms with Gasteiger partial charge in [-0.2, -0.15) is 0 Å². The van der Waals surface area contributed by atoms with E-state index in [1.54, 1.807) is 0 Å². The largest absolute Gasteiger partial charge is 0.350 e. The summed E-state index contributed by atoms with van der Waals surface area (Å²) in [6.07, 6.45) is -0.0702. The third kappa shape index (κ3) is 2.31. The molecule has 0 aliphatic carbocycles. The maximum absolute atomic E-state index is 11.0. The van der Waals surface area contributed by atoms with Gasteiger partial charge in [0, 0.05) is 19.6 Å². The van der Waals surface area contributed by atoms with E-state index in [2.05, 4.69) is 10.7 Å². The first-order chi connectivity index (χ1) is 6.66. The van der Waals surface area contributed by atoms with Crippen LogP contribution < -0.4 is 22.3 Å². The van der Waals surface area contributed by atoms with Gasteiger partial charge in [0.1, 0.15) is 6.17 Å². The second-order valence-electron chi connectivity index (χ2n) is 2.88. The van der Waals surface area contributed by atoms with Crippen LogP contribution in [-0.2, 0) is 4.79 Å². The van der Waals surface area contributed by atoms with E-state index in [1.807, 2.05) is 0 Å². The number of primary amides is 1. The molecule has 1 saturated heterocycles. The first-order valence-electron chi connectivity index (χ1n) is 4.17. The van der Waals surface area contributed by atoms with E-state index in [9.17, 15) is 9.59 Å². The van der Waals surface area contributed by atoms with Crippen LogP contribution in [0.3, 0.4) is 0 Å². The van der Waals surface area contributed by atoms with Crippen LogP contribution in [0.5, 0.6) is 0 Å². The van der Waals surface area contributed by atoms with Crippen molar-refractivity contribution in [2.75, 3.05) is 19.6 Å². The summed E-state index contributed by atoms with van der Waals surface area (Å²) < 4.78 is 0. The molecule has 0 saturated carbocycles. The number of rotatable bonds is 3. The Balaban J connectivity index is 2.64. The number of urea groups is 1. The lowest BCUT2D eigenvalue weighted by atomic mass is 10.3. The molecule has 6 N–H and O–H groups in total. The fourth-order valence-corrected chi connectivity index (χ4v) is 1.30. The number of carbonyl (C=O) groups excluding carboxylic acids is 2. The lowest BCUT2D eigenvalue weighted by Crippen LogP contribution is -2.66. The summed E-state index contributed by atoms with van der Waals surface area (Å²) in [7, 11) is 0. The number of nitrogens with zero attached hydrogens (tertiary/aromatic N) is 2. The highest BCUT2D eigenvalue weighted by atomic mass is 16.2. The van der Waals surface area contributed by atoms with Crippen molar-refractivity contribution in [3.05, 3.63) is 0 Å². The fraction of sp³-hybridized carbons (Fsp3) is 0.667. The number of nitrogens with one attached hydrogen (secondary N) is 2. The highest BCUT2D eigenvalue weighted by Gasteiger charge is 2.28. The van der Waals surface area contributed by atoms with Gasteiger partial charge in [-0.15, -0.1) is 0 Å². The number of nitrogens with two attached hydrogens (primary N) is 2. The lowest BCUT2D eigenvalue weighted by Gasteiger charge is -2.38. The summed E-state index contributed by atoms with van der Waals surface area (Å²) in [5.74, 6) is 5.64. The molecular formula is C6H14N6O2. The van der Waals surface area contributed by atoms with E-state index in [4.69, 9.17) is 11.6 Å². The van der Waals surface area contributed by atoms with Crippen molar-refractivity contribution in [2.24, 2.45) is 11.6 Å². The average molecular weight is 202 g/mol. The van der Waals surface area contributed by atoms with E-state index in [0.717, 1.165) is 11.6 Å². The molecule has 1 unspecified atom stereocenters. The second-order valence-corrected chi connectivity index (χ2v) is 2.88. The van der Waals surface area contributed by atoms with Gasteiger partial charge >= 0.3 is 6.03 Å². The van der Waals surface area contributed by atoms with Gasteiger partial charge in [-0.25, -0.2) is 14.8 Å². The number of carbonyl (C=O) groups is 2. The van der Waals surface area contributed by atoms with Crippen LogP contribution in [-0.4, -0.2) is 48.3 Å². The van der Waals surface area contributed by atoms with Gasteiger partial charge in [0.25, 0.3) is 0 Å². The average Bonchev–Trinajstić information content (AvgIpc) is 2.15. The molecule has 0 aromatic carbocycles. The zero-order valence-corrected chi connectivity index (χ0v) is 7.64. The summed E-state index contributed by atoms with van der Waals surface area (Å²) >= 11 is 0. The van der Waals surface area contributed by atoms with Crippen molar-refractivity contribution >= 4 is 12.4 Å². The Hall–Kier alpha value is -1.38. The first kappa shape index (κ1) is 10.7. The molecule has 1 aliphatic heterocycles. The van der Waals surface area contributed by atoms with Crippen molar-refractivity contribution in [3.63, 3.8) is 0 Å². The van der Waals surface area contributed by atoms with Gasteiger partial charge in [-0.3, -0.25) is 16.1 Å². The molecule has 1 fully saturated rings. The molecule has 0 spiro atoms. The fourth-order valence-electron chi connectivity index (χ4n) is 1.30. The normalized spacial score (nSPS) is 22.8. The van der Waals surface area contributed by atoms with E-state index < -0.39 is 12.2 Å². The molecular weight excluding hydrogens is 188 g/mol. The molecule has 8 nitrogen and oxygen atoms in total. The Bertz CT molecular complexity index is 222. The van der Waals surface area contributed by atoms with Crippen LogP contribution in [0.1, 0.15) is 0 Å². The van der Waals surface area contributed by atoms with Gasteiger partial charge in [-0.05, 0) is 0 Å². The zero-order valence-electron chi connectivity index (χ0n) is 7.64. The third-order valence-corrected chi connectivity index (χ3v) is 1.98. The van der Waals surface area contributed by atoms with Gasteiger partial charge in [-0.1, -0.05) is 0 Å². The number of hydrogen-bond donors (Lipinski definition) is 4. The number of amides is 3. The third-order valence-electron chi connectivity index (χ3n) is 1.98. The monoisotopic (exact) mass is 202 g/mol. The molecule has 0 bridgehead atoms. The SMILES string of the molecule is NC(=O)N(NC=O)C1CNCCN1N. The van der Waals surface area contributed by atoms with Gasteiger partial charge in [0.15, 0.2) is 0 Å². The zero-order chi connectivity index (χ0) is 10.6. The number of hydrazine groups is 2. The number of piperazine rings is 1. The van der Waals surface area contributed by atoms with Crippen LogP contribution >= 0.6 is 0 Å². The topological polar surface area (TPSA) is 117 Å². The standard InChI is InChI=1S/C6H14N6O2/c7-6(14)12(10-4-13)5-3-9-1-2-11(5)8/h4-5,9H,1-3,8H2,(H2,7,14)(H,10,13). The minimum Gasteiger partial charge on any atom is -0.350 e. The molecule has 1 heterocycles. The number of hydrogen-bond acceptors (Lipinski definition) is 5. The summed E-state index contributed by atoms with van der Waals surface area (Å²) in [5, 5.41) is 5.46. The van der Waals surface area contributed by atoms with Crippen LogP contribution in [0.4, 0.5) is 4.79 Å². The molecule has 8 heteroatoms. The summed E-state index contributed by atoms with van der Waals surface area (Å²) in [5.41, 5.74) is 7.27. The molecule has 3 amide bonds. The molecule has 1 aliphatic rings. The molecule has 1 rings (SSSR count). The summed E-state index contributed by atoms with van der Waals surface area (Å²) in [4.78, 5) is 21.2. The van der Waals surface area contributed by atoms with Crippen LogP contribution in [0, 0.1) is 0 Å². The van der Waals surface area contributed by atoms with Gasteiger partial charge in [0.2, 0.25) is 6.41 Å². The molecule has 80 valence electrons. The van der Waals surface area contributed by atoms with Crippen molar-refractivity contribution in [1.29, 1.82) is 0 Å². The van der Waals surface area contributed by atoms with Gasteiger partial charge in [0.05, 0.1) is 0 Å². The Kier molecular flexibility index (Phi) is 3.63. The van der Waals surface area contributed by atoms with Crippen molar-refractivity contribution in [1.82, 2.24) is 20.8 Å². The van der Waals surface area contributed by atoms with Crippen LogP contribution in [0.2, 0.25) is 0 Å². The van der Waals surface area contributed by atoms with Crippen LogP contribution in [0.25, 0.3) is 0 Å². The molecule has 1 atom stereocenters. The Labute approximate surface area is 81.1 Å². The van der Waals surface area contributed by atoms with E-state index in [0.29, 0.717) is 19.5 Å². The molecule has 0 aromatic heterocycles. The molecule has 14 heavy (non-hydrogen) atoms. The van der Waals surface area contributed by atoms with Crippen LogP contribution in [0.15, 0.2) is 0 Å². The highest BCUT2D eigenvalue weighted by Crippen LogP contribution is 2.01. The Morgan fingerprint density at radius 2 is 2.43 bits per heavy atom. The Morgan fingerprint density at radius 3 is 2.93 bits per heavy atom. The van der Waals surface area contributed by atoms with Crippen molar-refractivity contribution in [3.8, 4) is 0 Å². The summed E-state index contributed by atoms with van der Waals surface area (Å²) in [6, 6.07) is -0.749. The molecule has 0 aromatic rings. The molecule has 0 radical (unpaired) electrons. The Morgan fingerprint density at radius 1 is 1.71 bits per heavy atom. The predicted octanol–water partition coefficient (Wildman–Crippen LogP) is -2.87. The van der Waals surface area contributed by atoms with Crippen molar-refractivity contribution < 1.29 is 9.59 Å². The highest BCUT2D eigenvalue weighted by molar-refractivity contribution is 5.73. The maximum Gasteiger partial charge on any atom is 0.335 e. The second kappa shape index (κ2) is 4.74. The minimum atomic E-state index is -0.749. The minimum absolute atomic E-state index is 0.382. The van der Waals surface area contributed by atoms with E-state index >= 15 is 0 Å². The predicted molar refractivity (Wildman–Crippen MR) is 48.2 cm³/mol.